The Morgan fingerprint density at radius 1 is 1.08 bits per heavy atom. The summed E-state index contributed by atoms with van der Waals surface area (Å²) >= 11 is 0. The lowest BCUT2D eigenvalue weighted by Crippen LogP contribution is -2.48. The first kappa shape index (κ1) is 17.1. The Hall–Kier alpha value is -1.77. The number of halogens is 1. The topological polar surface area (TPSA) is 12.5 Å². The maximum atomic E-state index is 6.54. The zero-order valence-electron chi connectivity index (χ0n) is 14.3. The molecule has 0 saturated carbocycles. The molecule has 2 nitrogen and oxygen atoms in total. The van der Waals surface area contributed by atoms with Crippen LogP contribution >= 0.6 is 12.4 Å². The second kappa shape index (κ2) is 6.62. The number of hydrogen-bond acceptors (Lipinski definition) is 2. The summed E-state index contributed by atoms with van der Waals surface area (Å²) in [4.78, 5) is 2.50. The third kappa shape index (κ3) is 2.97. The number of fused-ring (bicyclic) bond motifs is 3. The van der Waals surface area contributed by atoms with E-state index in [1.54, 1.807) is 0 Å². The van der Waals surface area contributed by atoms with Gasteiger partial charge in [0, 0.05) is 31.6 Å². The average molecular weight is 342 g/mol. The van der Waals surface area contributed by atoms with Crippen molar-refractivity contribution >= 4 is 12.4 Å². The van der Waals surface area contributed by atoms with Crippen molar-refractivity contribution in [2.24, 2.45) is 0 Å². The van der Waals surface area contributed by atoms with Crippen LogP contribution in [-0.2, 0) is 18.6 Å². The van der Waals surface area contributed by atoms with E-state index in [9.17, 15) is 0 Å². The van der Waals surface area contributed by atoms with Crippen molar-refractivity contribution in [3.05, 3.63) is 76.9 Å². The molecule has 0 aliphatic carbocycles. The lowest BCUT2D eigenvalue weighted by molar-refractivity contribution is 0.0303. The zero-order chi connectivity index (χ0) is 15.9. The van der Waals surface area contributed by atoms with Crippen LogP contribution in [0.3, 0.4) is 0 Å². The Labute approximate surface area is 150 Å². The molecule has 1 spiro atoms. The van der Waals surface area contributed by atoms with Crippen molar-refractivity contribution in [3.63, 3.8) is 0 Å². The van der Waals surface area contributed by atoms with Gasteiger partial charge >= 0.3 is 0 Å². The number of rotatable bonds is 2. The molecule has 2 aromatic rings. The minimum absolute atomic E-state index is 0. The molecule has 2 aromatic carbocycles. The van der Waals surface area contributed by atoms with Crippen molar-refractivity contribution in [1.82, 2.24) is 4.90 Å². The number of allylic oxidation sites excluding steroid dienone is 1. The number of nitrogens with zero attached hydrogens (tertiary/aromatic N) is 1. The van der Waals surface area contributed by atoms with E-state index >= 15 is 0 Å². The average Bonchev–Trinajstić information content (AvgIpc) is 2.91. The minimum Gasteiger partial charge on any atom is -0.481 e. The highest BCUT2D eigenvalue weighted by atomic mass is 35.5. The quantitative estimate of drug-likeness (QED) is 0.733. The van der Waals surface area contributed by atoms with E-state index in [1.807, 2.05) is 0 Å². The second-order valence-electron chi connectivity index (χ2n) is 6.99. The molecular weight excluding hydrogens is 318 g/mol. The molecule has 24 heavy (non-hydrogen) atoms. The Bertz CT molecular complexity index is 739. The Morgan fingerprint density at radius 3 is 2.54 bits per heavy atom. The predicted octanol–water partition coefficient (Wildman–Crippen LogP) is 4.72. The standard InChI is InChI=1S/C21H23NO.ClH/c1-16(2)11-12-22-14-18-8-3-5-9-19(18)21(15-22)13-17-7-4-6-10-20(17)23-21;/h3-11H,12-15H2,1-2H3;1H. The van der Waals surface area contributed by atoms with Gasteiger partial charge in [0.15, 0.2) is 5.60 Å². The first-order valence-electron chi connectivity index (χ1n) is 8.37. The molecule has 2 heterocycles. The molecule has 1 unspecified atom stereocenters. The second-order valence-corrected chi connectivity index (χ2v) is 6.99. The van der Waals surface area contributed by atoms with Crippen molar-refractivity contribution in [1.29, 1.82) is 0 Å². The van der Waals surface area contributed by atoms with Gasteiger partial charge in [-0.1, -0.05) is 54.1 Å². The number of benzene rings is 2. The first-order chi connectivity index (χ1) is 11.2. The number of ether oxygens (including phenoxy) is 1. The highest BCUT2D eigenvalue weighted by Crippen LogP contribution is 2.45. The molecule has 4 rings (SSSR count). The van der Waals surface area contributed by atoms with Gasteiger partial charge in [0.2, 0.25) is 0 Å². The third-order valence-corrected chi connectivity index (χ3v) is 4.89. The van der Waals surface area contributed by atoms with E-state index in [0.717, 1.165) is 31.8 Å². The van der Waals surface area contributed by atoms with Gasteiger partial charge in [0.1, 0.15) is 5.75 Å². The van der Waals surface area contributed by atoms with Crippen molar-refractivity contribution < 1.29 is 4.74 Å². The highest BCUT2D eigenvalue weighted by Gasteiger charge is 2.45. The van der Waals surface area contributed by atoms with Crippen molar-refractivity contribution in [2.45, 2.75) is 32.4 Å². The first-order valence-corrected chi connectivity index (χ1v) is 8.37. The summed E-state index contributed by atoms with van der Waals surface area (Å²) < 4.78 is 6.54. The van der Waals surface area contributed by atoms with Crippen LogP contribution in [0.4, 0.5) is 0 Å². The Kier molecular flexibility index (Phi) is 4.71. The van der Waals surface area contributed by atoms with Crippen LogP contribution in [0.15, 0.2) is 60.2 Å². The molecule has 0 fully saturated rings. The monoisotopic (exact) mass is 341 g/mol. The smallest absolute Gasteiger partial charge is 0.151 e. The lowest BCUT2D eigenvalue weighted by Gasteiger charge is -2.41. The summed E-state index contributed by atoms with van der Waals surface area (Å²) in [6.45, 7) is 7.26. The van der Waals surface area contributed by atoms with E-state index < -0.39 is 0 Å². The molecule has 0 amide bonds. The van der Waals surface area contributed by atoms with Crippen molar-refractivity contribution in [2.75, 3.05) is 13.1 Å². The molecule has 3 heteroatoms. The molecule has 0 radical (unpaired) electrons. The molecule has 2 aliphatic rings. The van der Waals surface area contributed by atoms with Crippen LogP contribution in [-0.4, -0.2) is 18.0 Å². The molecule has 0 saturated heterocycles. The fourth-order valence-electron chi connectivity index (χ4n) is 3.83. The van der Waals surface area contributed by atoms with Gasteiger partial charge in [0.25, 0.3) is 0 Å². The molecule has 1 atom stereocenters. The fourth-order valence-corrected chi connectivity index (χ4v) is 3.83. The summed E-state index contributed by atoms with van der Waals surface area (Å²) in [5, 5.41) is 0. The Balaban J connectivity index is 0.00000169. The minimum atomic E-state index is -0.228. The van der Waals surface area contributed by atoms with Gasteiger partial charge in [0.05, 0.1) is 0 Å². The van der Waals surface area contributed by atoms with E-state index in [2.05, 4.69) is 73.4 Å². The summed E-state index contributed by atoms with van der Waals surface area (Å²) in [6.07, 6.45) is 3.27. The summed E-state index contributed by atoms with van der Waals surface area (Å²) in [6, 6.07) is 17.2. The zero-order valence-corrected chi connectivity index (χ0v) is 15.1. The van der Waals surface area contributed by atoms with Crippen LogP contribution in [0.5, 0.6) is 5.75 Å². The van der Waals surface area contributed by atoms with Gasteiger partial charge in [-0.25, -0.2) is 0 Å². The molecule has 0 bridgehead atoms. The summed E-state index contributed by atoms with van der Waals surface area (Å²) in [7, 11) is 0. The predicted molar refractivity (Wildman–Crippen MR) is 101 cm³/mol. The van der Waals surface area contributed by atoms with Crippen molar-refractivity contribution in [3.8, 4) is 5.75 Å². The third-order valence-electron chi connectivity index (χ3n) is 4.89. The van der Waals surface area contributed by atoms with Crippen LogP contribution < -0.4 is 4.74 Å². The fraction of sp³-hybridized carbons (Fsp3) is 0.333. The van der Waals surface area contributed by atoms with Crippen LogP contribution in [0.25, 0.3) is 0 Å². The lowest BCUT2D eigenvalue weighted by atomic mass is 9.82. The molecule has 2 aliphatic heterocycles. The van der Waals surface area contributed by atoms with Gasteiger partial charge in [-0.3, -0.25) is 4.90 Å². The number of para-hydroxylation sites is 1. The molecule has 0 N–H and O–H groups in total. The largest absolute Gasteiger partial charge is 0.481 e. The maximum Gasteiger partial charge on any atom is 0.151 e. The van der Waals surface area contributed by atoms with Gasteiger partial charge in [-0.15, -0.1) is 12.4 Å². The van der Waals surface area contributed by atoms with Crippen LogP contribution in [0, 0.1) is 0 Å². The Morgan fingerprint density at radius 2 is 1.79 bits per heavy atom. The maximum absolute atomic E-state index is 6.54. The molecular formula is C21H24ClNO. The normalized spacial score (nSPS) is 21.4. The summed E-state index contributed by atoms with van der Waals surface area (Å²) in [5.41, 5.74) is 5.23. The molecule has 0 aromatic heterocycles. The van der Waals surface area contributed by atoms with Gasteiger partial charge in [-0.05, 0) is 31.0 Å². The SMILES string of the molecule is CC(C)=CCN1Cc2ccccc2C2(Cc3ccccc3O2)C1.Cl. The molecule has 126 valence electrons. The van der Waals surface area contributed by atoms with Crippen LogP contribution in [0.1, 0.15) is 30.5 Å². The van der Waals surface area contributed by atoms with E-state index in [0.29, 0.717) is 0 Å². The number of hydrogen-bond donors (Lipinski definition) is 0. The van der Waals surface area contributed by atoms with Gasteiger partial charge < -0.3 is 4.74 Å². The van der Waals surface area contributed by atoms with E-state index in [1.165, 1.54) is 22.3 Å². The van der Waals surface area contributed by atoms with E-state index in [4.69, 9.17) is 4.74 Å². The van der Waals surface area contributed by atoms with Gasteiger partial charge in [-0.2, -0.15) is 0 Å². The van der Waals surface area contributed by atoms with E-state index in [-0.39, 0.29) is 18.0 Å². The van der Waals surface area contributed by atoms with Crippen LogP contribution in [0.2, 0.25) is 0 Å². The highest BCUT2D eigenvalue weighted by molar-refractivity contribution is 5.85. The summed E-state index contributed by atoms with van der Waals surface area (Å²) in [5.74, 6) is 1.05.